The Hall–Kier alpha value is -2.36. The van der Waals surface area contributed by atoms with Gasteiger partial charge in [-0.1, -0.05) is 44.6 Å². The fraction of sp³-hybridized carbons (Fsp3) is 0.500. The molecule has 0 saturated heterocycles. The molecule has 2 aromatic rings. The number of hydrogen-bond donors (Lipinski definition) is 0. The average molecular weight is 380 g/mol. The minimum atomic E-state index is -0.378. The van der Waals surface area contributed by atoms with Crippen LogP contribution in [0.15, 0.2) is 51.2 Å². The molecule has 0 N–H and O–H groups in total. The number of carbonyl (C=O) groups excluding carboxylic acids is 1. The Labute approximate surface area is 165 Å². The Morgan fingerprint density at radius 3 is 2.71 bits per heavy atom. The fourth-order valence-corrected chi connectivity index (χ4v) is 5.52. The molecule has 0 bridgehead atoms. The standard InChI is InChI=1S/C24H28O4/c1-15-8-10-19-23(2,3)20(25)12-13-24(19,4)17(15)14-27-18-7-5-6-16-9-11-21(26)28-22(16)18/h5-9,11,17,19H,10,12-14H2,1-4H3/t17-,19-,24+/m0/s1. The highest BCUT2D eigenvalue weighted by Crippen LogP contribution is 2.58. The van der Waals surface area contributed by atoms with Crippen LogP contribution >= 0.6 is 0 Å². The zero-order valence-corrected chi connectivity index (χ0v) is 17.1. The summed E-state index contributed by atoms with van der Waals surface area (Å²) in [6.45, 7) is 9.20. The molecule has 0 spiro atoms. The third-order valence-electron chi connectivity index (χ3n) is 7.31. The molecule has 2 aliphatic rings. The third-order valence-corrected chi connectivity index (χ3v) is 7.31. The van der Waals surface area contributed by atoms with E-state index in [1.54, 1.807) is 6.07 Å². The second-order valence-corrected chi connectivity index (χ2v) is 9.18. The van der Waals surface area contributed by atoms with Gasteiger partial charge in [0, 0.05) is 29.2 Å². The number of ether oxygens (including phenoxy) is 1. The van der Waals surface area contributed by atoms with Crippen molar-refractivity contribution >= 4 is 16.8 Å². The molecule has 1 saturated carbocycles. The van der Waals surface area contributed by atoms with E-state index in [4.69, 9.17) is 9.15 Å². The average Bonchev–Trinajstić information content (AvgIpc) is 2.65. The molecule has 148 valence electrons. The van der Waals surface area contributed by atoms with Gasteiger partial charge in [-0.25, -0.2) is 4.79 Å². The van der Waals surface area contributed by atoms with Gasteiger partial charge in [0.15, 0.2) is 11.3 Å². The zero-order chi connectivity index (χ0) is 20.1. The number of benzene rings is 1. The molecular weight excluding hydrogens is 352 g/mol. The molecule has 4 nitrogen and oxygen atoms in total. The van der Waals surface area contributed by atoms with Gasteiger partial charge < -0.3 is 9.15 Å². The normalized spacial score (nSPS) is 29.3. The quantitative estimate of drug-likeness (QED) is 0.546. The van der Waals surface area contributed by atoms with Gasteiger partial charge in [0.1, 0.15) is 5.78 Å². The molecule has 0 unspecified atom stereocenters. The van der Waals surface area contributed by atoms with Crippen molar-refractivity contribution in [3.8, 4) is 5.75 Å². The number of fused-ring (bicyclic) bond motifs is 2. The van der Waals surface area contributed by atoms with Crippen LogP contribution in [-0.2, 0) is 4.79 Å². The summed E-state index contributed by atoms with van der Waals surface area (Å²) in [4.78, 5) is 24.2. The van der Waals surface area contributed by atoms with Crippen LogP contribution < -0.4 is 10.4 Å². The Bertz CT molecular complexity index is 1010. The Morgan fingerprint density at radius 2 is 1.93 bits per heavy atom. The summed E-state index contributed by atoms with van der Waals surface area (Å²) in [5.74, 6) is 1.51. The first kappa shape index (κ1) is 19.0. The number of allylic oxidation sites excluding steroid dienone is 1. The smallest absolute Gasteiger partial charge is 0.336 e. The van der Waals surface area contributed by atoms with Gasteiger partial charge in [0.25, 0.3) is 0 Å². The minimum absolute atomic E-state index is 0.0155. The fourth-order valence-electron chi connectivity index (χ4n) is 5.52. The summed E-state index contributed by atoms with van der Waals surface area (Å²) >= 11 is 0. The number of Topliss-reactive ketones (excluding diaryl/α,β-unsaturated/α-hetero) is 1. The molecular formula is C24H28O4. The molecule has 4 rings (SSSR count). The van der Waals surface area contributed by atoms with Gasteiger partial charge in [-0.3, -0.25) is 4.79 Å². The van der Waals surface area contributed by atoms with Crippen LogP contribution in [0.1, 0.15) is 47.0 Å². The highest BCUT2D eigenvalue weighted by Gasteiger charge is 2.55. The van der Waals surface area contributed by atoms with Gasteiger partial charge >= 0.3 is 5.63 Å². The number of hydrogen-bond acceptors (Lipinski definition) is 4. The molecule has 1 heterocycles. The minimum Gasteiger partial charge on any atom is -0.489 e. The predicted octanol–water partition coefficient (Wildman–Crippen LogP) is 5.15. The summed E-state index contributed by atoms with van der Waals surface area (Å²) in [7, 11) is 0. The van der Waals surface area contributed by atoms with Gasteiger partial charge in [-0.05, 0) is 43.2 Å². The van der Waals surface area contributed by atoms with Gasteiger partial charge in [0.05, 0.1) is 6.61 Å². The van der Waals surface area contributed by atoms with Crippen molar-refractivity contribution in [1.82, 2.24) is 0 Å². The Morgan fingerprint density at radius 1 is 1.14 bits per heavy atom. The second kappa shape index (κ2) is 6.61. The number of ketones is 1. The highest BCUT2D eigenvalue weighted by molar-refractivity contribution is 5.85. The molecule has 28 heavy (non-hydrogen) atoms. The molecule has 1 aromatic carbocycles. The van der Waals surface area contributed by atoms with Gasteiger partial charge in [-0.15, -0.1) is 0 Å². The first-order chi connectivity index (χ1) is 13.2. The summed E-state index contributed by atoms with van der Waals surface area (Å²) in [6, 6.07) is 8.85. The predicted molar refractivity (Wildman–Crippen MR) is 109 cm³/mol. The largest absolute Gasteiger partial charge is 0.489 e. The molecule has 0 aliphatic heterocycles. The van der Waals surface area contributed by atoms with Crippen LogP contribution in [-0.4, -0.2) is 12.4 Å². The zero-order valence-electron chi connectivity index (χ0n) is 17.1. The van der Waals surface area contributed by atoms with Crippen LogP contribution in [0.2, 0.25) is 0 Å². The van der Waals surface area contributed by atoms with Crippen molar-refractivity contribution < 1.29 is 13.9 Å². The maximum absolute atomic E-state index is 12.6. The third kappa shape index (κ3) is 2.90. The lowest BCUT2D eigenvalue weighted by Gasteiger charge is -2.55. The number of carbonyl (C=O) groups is 1. The molecule has 3 atom stereocenters. The van der Waals surface area contributed by atoms with Crippen molar-refractivity contribution in [3.05, 3.63) is 52.4 Å². The molecule has 1 aromatic heterocycles. The van der Waals surface area contributed by atoms with E-state index in [0.717, 1.165) is 18.2 Å². The molecule has 4 heteroatoms. The van der Waals surface area contributed by atoms with Crippen LogP contribution in [0, 0.1) is 22.7 Å². The van der Waals surface area contributed by atoms with Gasteiger partial charge in [0.2, 0.25) is 0 Å². The van der Waals surface area contributed by atoms with E-state index < -0.39 is 0 Å². The van der Waals surface area contributed by atoms with Crippen LogP contribution in [0.5, 0.6) is 5.75 Å². The molecule has 0 radical (unpaired) electrons. The van der Waals surface area contributed by atoms with Crippen LogP contribution in [0.4, 0.5) is 0 Å². The number of rotatable bonds is 3. The van der Waals surface area contributed by atoms with E-state index in [9.17, 15) is 9.59 Å². The van der Waals surface area contributed by atoms with Crippen molar-refractivity contribution in [1.29, 1.82) is 0 Å². The van der Waals surface area contributed by atoms with Crippen molar-refractivity contribution in [2.45, 2.75) is 47.0 Å². The van der Waals surface area contributed by atoms with Crippen molar-refractivity contribution in [2.75, 3.05) is 6.61 Å². The van der Waals surface area contributed by atoms with Crippen LogP contribution in [0.25, 0.3) is 11.0 Å². The first-order valence-corrected chi connectivity index (χ1v) is 10.1. The van der Waals surface area contributed by atoms with Crippen molar-refractivity contribution in [2.24, 2.45) is 22.7 Å². The highest BCUT2D eigenvalue weighted by atomic mass is 16.5. The van der Waals surface area contributed by atoms with Crippen molar-refractivity contribution in [3.63, 3.8) is 0 Å². The van der Waals surface area contributed by atoms with E-state index >= 15 is 0 Å². The first-order valence-electron chi connectivity index (χ1n) is 10.1. The lowest BCUT2D eigenvalue weighted by atomic mass is 9.48. The molecule has 0 amide bonds. The summed E-state index contributed by atoms with van der Waals surface area (Å²) in [5, 5.41) is 0.849. The SMILES string of the molecule is CC1=CC[C@H]2C(C)(C)C(=O)CC[C@]2(C)[C@H]1COc1cccc2ccc(=O)oc12. The monoisotopic (exact) mass is 380 g/mol. The maximum atomic E-state index is 12.6. The Kier molecular flexibility index (Phi) is 4.48. The van der Waals surface area contributed by atoms with E-state index in [0.29, 0.717) is 36.1 Å². The Balaban J connectivity index is 1.65. The second-order valence-electron chi connectivity index (χ2n) is 9.18. The van der Waals surface area contributed by atoms with E-state index in [2.05, 4.69) is 33.8 Å². The van der Waals surface area contributed by atoms with E-state index in [1.165, 1.54) is 11.6 Å². The molecule has 1 fully saturated rings. The van der Waals surface area contributed by atoms with Crippen LogP contribution in [0.3, 0.4) is 0 Å². The van der Waals surface area contributed by atoms with E-state index in [-0.39, 0.29) is 22.4 Å². The summed E-state index contributed by atoms with van der Waals surface area (Å²) in [6.07, 6.45) is 4.75. The number of para-hydroxylation sites is 1. The topological polar surface area (TPSA) is 56.5 Å². The lowest BCUT2D eigenvalue weighted by molar-refractivity contribution is -0.143. The summed E-state index contributed by atoms with van der Waals surface area (Å²) in [5.41, 5.74) is 1.15. The van der Waals surface area contributed by atoms with E-state index in [1.807, 2.05) is 18.2 Å². The molecule has 2 aliphatic carbocycles. The maximum Gasteiger partial charge on any atom is 0.336 e. The summed E-state index contributed by atoms with van der Waals surface area (Å²) < 4.78 is 11.6. The lowest BCUT2D eigenvalue weighted by Crippen LogP contribution is -2.53. The van der Waals surface area contributed by atoms with Gasteiger partial charge in [-0.2, -0.15) is 0 Å².